The van der Waals surface area contributed by atoms with Crippen LogP contribution < -0.4 is 10.6 Å². The smallest absolute Gasteiger partial charge is 0.0600 e. The van der Waals surface area contributed by atoms with E-state index in [4.69, 9.17) is 5.73 Å². The molecule has 0 bridgehead atoms. The lowest BCUT2D eigenvalue weighted by molar-refractivity contribution is 0.310. The highest BCUT2D eigenvalue weighted by Crippen LogP contribution is 2.34. The first kappa shape index (κ1) is 10.8. The number of nitrogens with two attached hydrogens (primary N) is 1. The molecule has 0 unspecified atom stereocenters. The molecule has 2 N–H and O–H groups in total. The van der Waals surface area contributed by atoms with Gasteiger partial charge in [-0.2, -0.15) is 0 Å². The number of anilines is 2. The van der Waals surface area contributed by atoms with Gasteiger partial charge in [0.15, 0.2) is 0 Å². The molecule has 0 aliphatic carbocycles. The van der Waals surface area contributed by atoms with Crippen LogP contribution in [0.1, 0.15) is 13.8 Å². The summed E-state index contributed by atoms with van der Waals surface area (Å²) in [6.45, 7) is 6.85. The lowest BCUT2D eigenvalue weighted by atomic mass is 9.88. The third-order valence-electron chi connectivity index (χ3n) is 3.18. The maximum absolute atomic E-state index is 5.98. The van der Waals surface area contributed by atoms with Crippen molar-refractivity contribution in [1.82, 2.24) is 0 Å². The Labute approximate surface area is 99.6 Å². The Morgan fingerprint density at radius 2 is 2.07 bits per heavy atom. The highest BCUT2D eigenvalue weighted by atomic mass is 79.9. The molecule has 1 fully saturated rings. The predicted molar refractivity (Wildman–Crippen MR) is 69.1 cm³/mol. The van der Waals surface area contributed by atoms with E-state index in [0.29, 0.717) is 0 Å². The molecule has 1 aliphatic heterocycles. The van der Waals surface area contributed by atoms with Crippen LogP contribution in [0.25, 0.3) is 0 Å². The van der Waals surface area contributed by atoms with Gasteiger partial charge in [-0.25, -0.2) is 0 Å². The van der Waals surface area contributed by atoms with Crippen molar-refractivity contribution in [3.05, 3.63) is 22.7 Å². The van der Waals surface area contributed by atoms with Crippen LogP contribution in [0.5, 0.6) is 0 Å². The van der Waals surface area contributed by atoms with E-state index in [-0.39, 0.29) is 0 Å². The number of benzene rings is 1. The molecule has 1 aromatic carbocycles. The van der Waals surface area contributed by atoms with Gasteiger partial charge in [-0.3, -0.25) is 0 Å². The maximum atomic E-state index is 5.98. The van der Waals surface area contributed by atoms with Gasteiger partial charge in [-0.15, -0.1) is 0 Å². The molecule has 15 heavy (non-hydrogen) atoms. The van der Waals surface area contributed by atoms with Crippen molar-refractivity contribution in [2.75, 3.05) is 23.7 Å². The van der Waals surface area contributed by atoms with Gasteiger partial charge in [0, 0.05) is 17.6 Å². The van der Waals surface area contributed by atoms with E-state index in [1.54, 1.807) is 0 Å². The first-order chi connectivity index (χ1) is 7.08. The summed E-state index contributed by atoms with van der Waals surface area (Å²) < 4.78 is 1.05. The fraction of sp³-hybridized carbons (Fsp3) is 0.500. The van der Waals surface area contributed by atoms with Crippen LogP contribution in [0.2, 0.25) is 0 Å². The number of halogens is 1. The summed E-state index contributed by atoms with van der Waals surface area (Å²) in [6, 6.07) is 6.11. The third kappa shape index (κ3) is 2.12. The quantitative estimate of drug-likeness (QED) is 0.836. The number of rotatable bonds is 2. The van der Waals surface area contributed by atoms with E-state index in [9.17, 15) is 0 Å². The average molecular weight is 269 g/mol. The summed E-state index contributed by atoms with van der Waals surface area (Å²) in [5.41, 5.74) is 8.02. The fourth-order valence-electron chi connectivity index (χ4n) is 1.94. The Hall–Kier alpha value is -0.700. The van der Waals surface area contributed by atoms with Crippen molar-refractivity contribution in [2.45, 2.75) is 13.8 Å². The first-order valence-electron chi connectivity index (χ1n) is 5.38. The van der Waals surface area contributed by atoms with E-state index >= 15 is 0 Å². The van der Waals surface area contributed by atoms with Gasteiger partial charge in [-0.1, -0.05) is 29.8 Å². The number of hydrogen-bond donors (Lipinski definition) is 1. The molecule has 1 aliphatic rings. The fourth-order valence-corrected chi connectivity index (χ4v) is 2.32. The monoisotopic (exact) mass is 268 g/mol. The highest BCUT2D eigenvalue weighted by molar-refractivity contribution is 9.10. The van der Waals surface area contributed by atoms with Crippen LogP contribution in [0, 0.1) is 11.8 Å². The lowest BCUT2D eigenvalue weighted by Crippen LogP contribution is -2.49. The second kappa shape index (κ2) is 4.05. The molecule has 0 saturated carbocycles. The van der Waals surface area contributed by atoms with Crippen LogP contribution in [-0.4, -0.2) is 13.1 Å². The van der Waals surface area contributed by atoms with Crippen LogP contribution in [-0.2, 0) is 0 Å². The Kier molecular flexibility index (Phi) is 2.91. The summed E-state index contributed by atoms with van der Waals surface area (Å²) in [7, 11) is 0. The topological polar surface area (TPSA) is 29.3 Å². The zero-order valence-corrected chi connectivity index (χ0v) is 10.8. The van der Waals surface area contributed by atoms with Crippen molar-refractivity contribution < 1.29 is 0 Å². The third-order valence-corrected chi connectivity index (χ3v) is 3.68. The molecular formula is C12H17BrN2. The van der Waals surface area contributed by atoms with Gasteiger partial charge in [0.2, 0.25) is 0 Å². The van der Waals surface area contributed by atoms with E-state index in [1.165, 1.54) is 5.69 Å². The van der Waals surface area contributed by atoms with Gasteiger partial charge >= 0.3 is 0 Å². The largest absolute Gasteiger partial charge is 0.397 e. The summed E-state index contributed by atoms with van der Waals surface area (Å²) in [5, 5.41) is 0. The summed E-state index contributed by atoms with van der Waals surface area (Å²) in [6.07, 6.45) is 0. The minimum absolute atomic E-state index is 0.776. The lowest BCUT2D eigenvalue weighted by Gasteiger charge is -2.43. The molecule has 0 aromatic heterocycles. The number of hydrogen-bond acceptors (Lipinski definition) is 2. The molecule has 0 atom stereocenters. The van der Waals surface area contributed by atoms with Crippen molar-refractivity contribution in [3.8, 4) is 0 Å². The molecule has 82 valence electrons. The second-order valence-electron chi connectivity index (χ2n) is 4.61. The van der Waals surface area contributed by atoms with Crippen molar-refractivity contribution in [1.29, 1.82) is 0 Å². The zero-order chi connectivity index (χ0) is 11.0. The van der Waals surface area contributed by atoms with Crippen LogP contribution in [0.15, 0.2) is 22.7 Å². The van der Waals surface area contributed by atoms with Gasteiger partial charge in [-0.05, 0) is 30.0 Å². The van der Waals surface area contributed by atoms with Crippen LogP contribution in [0.3, 0.4) is 0 Å². The zero-order valence-electron chi connectivity index (χ0n) is 9.20. The molecule has 2 rings (SSSR count). The predicted octanol–water partition coefficient (Wildman–Crippen LogP) is 3.12. The standard InChI is InChI=1S/C12H17BrN2/c1-8(2)9-6-15(7-9)12-4-3-10(13)5-11(12)14/h3-5,8-9H,6-7,14H2,1-2H3. The molecule has 0 spiro atoms. The van der Waals surface area contributed by atoms with E-state index in [1.807, 2.05) is 12.1 Å². The Balaban J connectivity index is 2.07. The highest BCUT2D eigenvalue weighted by Gasteiger charge is 2.29. The van der Waals surface area contributed by atoms with Crippen molar-refractivity contribution >= 4 is 27.3 Å². The molecule has 2 nitrogen and oxygen atoms in total. The van der Waals surface area contributed by atoms with Gasteiger partial charge in [0.25, 0.3) is 0 Å². The minimum atomic E-state index is 0.776. The van der Waals surface area contributed by atoms with Crippen LogP contribution in [0.4, 0.5) is 11.4 Å². The first-order valence-corrected chi connectivity index (χ1v) is 6.17. The molecular weight excluding hydrogens is 252 g/mol. The van der Waals surface area contributed by atoms with Gasteiger partial charge < -0.3 is 10.6 Å². The van der Waals surface area contributed by atoms with Crippen molar-refractivity contribution in [2.24, 2.45) is 11.8 Å². The Bertz CT molecular complexity index is 357. The molecule has 1 aromatic rings. The van der Waals surface area contributed by atoms with E-state index in [0.717, 1.165) is 35.1 Å². The van der Waals surface area contributed by atoms with Gasteiger partial charge in [0.05, 0.1) is 11.4 Å². The summed E-state index contributed by atoms with van der Waals surface area (Å²) in [5.74, 6) is 1.60. The normalized spacial score (nSPS) is 16.9. The SMILES string of the molecule is CC(C)C1CN(c2ccc(Br)cc2N)C1. The Morgan fingerprint density at radius 3 is 2.60 bits per heavy atom. The molecule has 0 radical (unpaired) electrons. The van der Waals surface area contributed by atoms with Crippen LogP contribution >= 0.6 is 15.9 Å². The molecule has 1 saturated heterocycles. The number of nitrogen functional groups attached to an aromatic ring is 1. The number of nitrogens with zero attached hydrogens (tertiary/aromatic N) is 1. The minimum Gasteiger partial charge on any atom is -0.397 e. The van der Waals surface area contributed by atoms with Crippen molar-refractivity contribution in [3.63, 3.8) is 0 Å². The molecule has 0 amide bonds. The maximum Gasteiger partial charge on any atom is 0.0600 e. The Morgan fingerprint density at radius 1 is 1.40 bits per heavy atom. The summed E-state index contributed by atoms with van der Waals surface area (Å²) >= 11 is 3.42. The average Bonchev–Trinajstić information content (AvgIpc) is 2.05. The molecule has 3 heteroatoms. The van der Waals surface area contributed by atoms with E-state index < -0.39 is 0 Å². The van der Waals surface area contributed by atoms with Gasteiger partial charge in [0.1, 0.15) is 0 Å². The summed E-state index contributed by atoms with van der Waals surface area (Å²) in [4.78, 5) is 2.35. The molecule has 1 heterocycles. The second-order valence-corrected chi connectivity index (χ2v) is 5.53. The van der Waals surface area contributed by atoms with E-state index in [2.05, 4.69) is 40.7 Å².